The van der Waals surface area contributed by atoms with Gasteiger partial charge in [-0.15, -0.1) is 5.10 Å². The van der Waals surface area contributed by atoms with Crippen molar-refractivity contribution < 1.29 is 9.90 Å². The van der Waals surface area contributed by atoms with Crippen molar-refractivity contribution in [2.45, 2.75) is 12.5 Å². The number of pyridine rings is 1. The molecule has 42 heavy (non-hydrogen) atoms. The van der Waals surface area contributed by atoms with Crippen molar-refractivity contribution in [3.63, 3.8) is 0 Å². The van der Waals surface area contributed by atoms with Gasteiger partial charge in [-0.05, 0) is 52.4 Å². The van der Waals surface area contributed by atoms with Crippen molar-refractivity contribution in [3.8, 4) is 16.8 Å². The monoisotopic (exact) mass is 580 g/mol. The maximum Gasteiger partial charge on any atom is 0.335 e. The fourth-order valence-electron chi connectivity index (χ4n) is 5.03. The molecule has 0 aliphatic rings. The fourth-order valence-corrected chi connectivity index (χ4v) is 5.20. The molecule has 3 aromatic carbocycles. The highest BCUT2D eigenvalue weighted by Crippen LogP contribution is 2.36. The van der Waals surface area contributed by atoms with Crippen LogP contribution in [0, 0.1) is 0 Å². The number of anilines is 1. The van der Waals surface area contributed by atoms with E-state index in [1.807, 2.05) is 55.5 Å². The molecule has 0 aliphatic heterocycles. The smallest absolute Gasteiger partial charge is 0.335 e. The van der Waals surface area contributed by atoms with Crippen LogP contribution in [-0.2, 0) is 6.42 Å². The second-order valence-corrected chi connectivity index (χ2v) is 10.4. The predicted molar refractivity (Wildman–Crippen MR) is 160 cm³/mol. The van der Waals surface area contributed by atoms with Gasteiger partial charge >= 0.3 is 5.97 Å². The maximum absolute atomic E-state index is 14.0. The third-order valence-electron chi connectivity index (χ3n) is 7.06. The Morgan fingerprint density at radius 3 is 2.57 bits per heavy atom. The number of hydrogen-bond donors (Lipinski definition) is 2. The van der Waals surface area contributed by atoms with Crippen molar-refractivity contribution in [2.75, 3.05) is 19.0 Å². The van der Waals surface area contributed by atoms with Crippen LogP contribution in [0.2, 0.25) is 5.02 Å². The number of carboxylic acids is 1. The van der Waals surface area contributed by atoms with Crippen LogP contribution in [0.4, 0.5) is 5.69 Å². The van der Waals surface area contributed by atoms with E-state index in [9.17, 15) is 14.7 Å². The Morgan fingerprint density at radius 2 is 1.86 bits per heavy atom. The summed E-state index contributed by atoms with van der Waals surface area (Å²) in [7, 11) is 3.80. The number of carboxylic acid groups (broad SMARTS) is 1. The van der Waals surface area contributed by atoms with Crippen LogP contribution in [-0.4, -0.2) is 59.9 Å². The minimum Gasteiger partial charge on any atom is -0.478 e. The first kappa shape index (κ1) is 26.9. The molecule has 1 atom stereocenters. The second-order valence-electron chi connectivity index (χ2n) is 9.99. The number of hydrogen-bond acceptors (Lipinski definition) is 7. The normalized spacial score (nSPS) is 12.0. The second kappa shape index (κ2) is 10.9. The van der Waals surface area contributed by atoms with E-state index in [1.54, 1.807) is 34.9 Å². The zero-order chi connectivity index (χ0) is 29.4. The number of H-pyrrole nitrogens is 1. The Labute approximate surface area is 244 Å². The van der Waals surface area contributed by atoms with Crippen LogP contribution in [0.3, 0.4) is 0 Å². The molecule has 12 heteroatoms. The van der Waals surface area contributed by atoms with Gasteiger partial charge in [0.25, 0.3) is 5.56 Å². The molecule has 3 heterocycles. The summed E-state index contributed by atoms with van der Waals surface area (Å²) in [4.78, 5) is 35.5. The number of aromatic amines is 1. The number of nitrogens with one attached hydrogen (secondary N) is 1. The maximum atomic E-state index is 14.0. The van der Waals surface area contributed by atoms with Gasteiger partial charge in [0.1, 0.15) is 12.2 Å². The Bertz CT molecular complexity index is 1970. The zero-order valence-electron chi connectivity index (χ0n) is 22.6. The van der Waals surface area contributed by atoms with Crippen molar-refractivity contribution in [1.29, 1.82) is 0 Å². The van der Waals surface area contributed by atoms with Crippen molar-refractivity contribution in [1.82, 2.24) is 34.7 Å². The van der Waals surface area contributed by atoms with Crippen molar-refractivity contribution in [3.05, 3.63) is 118 Å². The summed E-state index contributed by atoms with van der Waals surface area (Å²) in [6, 6.07) is 20.9. The average molecular weight is 581 g/mol. The van der Waals surface area contributed by atoms with Gasteiger partial charge in [-0.3, -0.25) is 4.79 Å². The molecule has 11 nitrogen and oxygen atoms in total. The van der Waals surface area contributed by atoms with Gasteiger partial charge in [0.2, 0.25) is 0 Å². The van der Waals surface area contributed by atoms with E-state index in [0.717, 1.165) is 11.3 Å². The van der Waals surface area contributed by atoms with Gasteiger partial charge in [0, 0.05) is 48.9 Å². The molecule has 6 aromatic rings. The number of benzene rings is 3. The number of imidazole rings is 1. The summed E-state index contributed by atoms with van der Waals surface area (Å²) >= 11 is 6.41. The summed E-state index contributed by atoms with van der Waals surface area (Å²) in [6.07, 6.45) is 3.76. The standard InChI is InChI=1S/C30H25ClN8O3/c1-37(2)27-16-38(28(40)15-22(27)21-14-20(31)9-11-25(21)39-17-32-35-36-39)26(12-18-6-4-3-5-7-18)29-33-23-10-8-19(30(41)42)13-24(23)34-29/h3-11,13-17,26H,12H2,1-2H3,(H,33,34)(H,41,42). The van der Waals surface area contributed by atoms with Gasteiger partial charge in [-0.2, -0.15) is 4.68 Å². The quantitative estimate of drug-likeness (QED) is 0.266. The van der Waals surface area contributed by atoms with Gasteiger partial charge in [-0.1, -0.05) is 41.9 Å². The first-order chi connectivity index (χ1) is 20.3. The topological polar surface area (TPSA) is 135 Å². The molecule has 0 amide bonds. The summed E-state index contributed by atoms with van der Waals surface area (Å²) in [5, 5.41) is 21.5. The molecular weight excluding hydrogens is 556 g/mol. The van der Waals surface area contributed by atoms with Crippen LogP contribution in [0.15, 0.2) is 90.1 Å². The summed E-state index contributed by atoms with van der Waals surface area (Å²) < 4.78 is 3.18. The van der Waals surface area contributed by atoms with Crippen LogP contribution in [0.1, 0.15) is 27.8 Å². The lowest BCUT2D eigenvalue weighted by Crippen LogP contribution is -2.29. The van der Waals surface area contributed by atoms with Gasteiger partial charge < -0.3 is 19.6 Å². The molecule has 0 radical (unpaired) electrons. The first-order valence-corrected chi connectivity index (χ1v) is 13.4. The van der Waals surface area contributed by atoms with E-state index < -0.39 is 12.0 Å². The average Bonchev–Trinajstić information content (AvgIpc) is 3.66. The lowest BCUT2D eigenvalue weighted by atomic mass is 10.0. The highest BCUT2D eigenvalue weighted by Gasteiger charge is 2.24. The summed E-state index contributed by atoms with van der Waals surface area (Å²) in [6.45, 7) is 0. The van der Waals surface area contributed by atoms with Crippen molar-refractivity contribution in [2.24, 2.45) is 0 Å². The van der Waals surface area contributed by atoms with Gasteiger partial charge in [-0.25, -0.2) is 9.78 Å². The number of rotatable bonds is 8. The summed E-state index contributed by atoms with van der Waals surface area (Å²) in [5.41, 5.74) is 4.83. The van der Waals surface area contributed by atoms with Gasteiger partial charge in [0.05, 0.1) is 34.0 Å². The van der Waals surface area contributed by atoms with Crippen LogP contribution < -0.4 is 10.5 Å². The van der Waals surface area contributed by atoms with Crippen LogP contribution in [0.5, 0.6) is 0 Å². The van der Waals surface area contributed by atoms with Crippen LogP contribution >= 0.6 is 11.6 Å². The molecule has 0 saturated carbocycles. The Hall–Kier alpha value is -5.29. The zero-order valence-corrected chi connectivity index (χ0v) is 23.4. The largest absolute Gasteiger partial charge is 0.478 e. The number of aromatic nitrogens is 7. The molecule has 0 bridgehead atoms. The highest BCUT2D eigenvalue weighted by molar-refractivity contribution is 6.31. The lowest BCUT2D eigenvalue weighted by molar-refractivity contribution is 0.0697. The minimum atomic E-state index is -1.04. The van der Waals surface area contributed by atoms with E-state index in [1.165, 1.54) is 23.1 Å². The number of aromatic carboxylic acids is 1. The van der Waals surface area contributed by atoms with E-state index in [-0.39, 0.29) is 11.1 Å². The van der Waals surface area contributed by atoms with Crippen LogP contribution in [0.25, 0.3) is 27.8 Å². The fraction of sp³-hybridized carbons (Fsp3) is 0.133. The van der Waals surface area contributed by atoms with E-state index >= 15 is 0 Å². The predicted octanol–water partition coefficient (Wildman–Crippen LogP) is 4.62. The molecule has 0 aliphatic carbocycles. The van der Waals surface area contributed by atoms with E-state index in [0.29, 0.717) is 45.1 Å². The number of nitrogens with zero attached hydrogens (tertiary/aromatic N) is 7. The number of carbonyl (C=O) groups is 1. The molecule has 3 aromatic heterocycles. The van der Waals surface area contributed by atoms with Gasteiger partial charge in [0.15, 0.2) is 0 Å². The molecule has 0 spiro atoms. The molecule has 2 N–H and O–H groups in total. The SMILES string of the molecule is CN(C)c1cn(C(Cc2ccccc2)c2nc3cc(C(=O)O)ccc3[nH]2)c(=O)cc1-c1cc(Cl)ccc1-n1cnnn1. The number of halogens is 1. The summed E-state index contributed by atoms with van der Waals surface area (Å²) in [5.74, 6) is -0.500. The number of tetrazole rings is 1. The third-order valence-corrected chi connectivity index (χ3v) is 7.29. The molecular formula is C30H25ClN8O3. The van der Waals surface area contributed by atoms with E-state index in [4.69, 9.17) is 16.6 Å². The highest BCUT2D eigenvalue weighted by atomic mass is 35.5. The third kappa shape index (κ3) is 5.13. The molecule has 1 unspecified atom stereocenters. The Kier molecular flexibility index (Phi) is 7.01. The molecule has 0 saturated heterocycles. The molecule has 210 valence electrons. The molecule has 0 fully saturated rings. The molecule has 6 rings (SSSR count). The Morgan fingerprint density at radius 1 is 1.05 bits per heavy atom. The van der Waals surface area contributed by atoms with E-state index in [2.05, 4.69) is 20.5 Å². The first-order valence-electron chi connectivity index (χ1n) is 13.0. The Balaban J connectivity index is 1.54. The lowest BCUT2D eigenvalue weighted by Gasteiger charge is -2.24. The minimum absolute atomic E-state index is 0.136. The van der Waals surface area contributed by atoms with Crippen molar-refractivity contribution >= 4 is 34.3 Å². The number of fused-ring (bicyclic) bond motifs is 1.